The highest BCUT2D eigenvalue weighted by Gasteiger charge is 2.23. The molecule has 1 aliphatic rings. The fourth-order valence-electron chi connectivity index (χ4n) is 4.44. The van der Waals surface area contributed by atoms with Crippen molar-refractivity contribution in [2.45, 2.75) is 38.6 Å². The molecule has 3 heterocycles. The van der Waals surface area contributed by atoms with E-state index in [0.29, 0.717) is 4.47 Å². The Morgan fingerprint density at radius 1 is 1.07 bits per heavy atom. The van der Waals surface area contributed by atoms with E-state index in [2.05, 4.69) is 37.9 Å². The van der Waals surface area contributed by atoms with Crippen LogP contribution in [0.2, 0.25) is 0 Å². The number of rotatable bonds is 7. The minimum atomic E-state index is 0.00435. The zero-order valence-electron chi connectivity index (χ0n) is 17.5. The van der Waals surface area contributed by atoms with Crippen LogP contribution in [-0.4, -0.2) is 32.3 Å². The number of aromatic nitrogens is 3. The third kappa shape index (κ3) is 4.76. The molecule has 3 aromatic rings. The van der Waals surface area contributed by atoms with E-state index in [1.54, 1.807) is 4.68 Å². The average Bonchev–Trinajstić information content (AvgIpc) is 2.99. The third-order valence-corrected chi connectivity index (χ3v) is 7.03. The van der Waals surface area contributed by atoms with Gasteiger partial charge in [0.15, 0.2) is 0 Å². The first-order valence-electron chi connectivity index (χ1n) is 10.8. The summed E-state index contributed by atoms with van der Waals surface area (Å²) in [6.07, 6.45) is 9.92. The Hall–Kier alpha value is -2.18. The Balaban J connectivity index is 1.33. The molecule has 1 aromatic carbocycles. The van der Waals surface area contributed by atoms with Crippen molar-refractivity contribution in [2.24, 2.45) is 13.0 Å². The second-order valence-electron chi connectivity index (χ2n) is 8.20. The van der Waals surface area contributed by atoms with Gasteiger partial charge in [-0.15, -0.1) is 0 Å². The highest BCUT2D eigenvalue weighted by Crippen LogP contribution is 2.25. The van der Waals surface area contributed by atoms with Crippen LogP contribution in [0.1, 0.15) is 36.9 Å². The van der Waals surface area contributed by atoms with Crippen molar-refractivity contribution in [1.29, 1.82) is 0 Å². The van der Waals surface area contributed by atoms with Gasteiger partial charge in [0.25, 0.3) is 5.56 Å². The molecular weight excluding hydrogens is 440 g/mol. The molecule has 0 atom stereocenters. The van der Waals surface area contributed by atoms with E-state index in [0.717, 1.165) is 43.4 Å². The van der Waals surface area contributed by atoms with Gasteiger partial charge >= 0.3 is 0 Å². The highest BCUT2D eigenvalue weighted by atomic mass is 79.9. The van der Waals surface area contributed by atoms with Gasteiger partial charge in [0.2, 0.25) is 0 Å². The molecule has 1 fully saturated rings. The maximum Gasteiger partial charge on any atom is 0.286 e. The lowest BCUT2D eigenvalue weighted by atomic mass is 9.91. The Bertz CT molecular complexity index is 1000. The van der Waals surface area contributed by atoms with Crippen molar-refractivity contribution in [1.82, 2.24) is 19.2 Å². The first kappa shape index (κ1) is 21.1. The van der Waals surface area contributed by atoms with Gasteiger partial charge in [-0.3, -0.25) is 19.4 Å². The van der Waals surface area contributed by atoms with Crippen molar-refractivity contribution in [2.75, 3.05) is 13.1 Å². The molecule has 0 amide bonds. The minimum absolute atomic E-state index is 0.00435. The topological polar surface area (TPSA) is 43.1 Å². The average molecular weight is 469 g/mol. The van der Waals surface area contributed by atoms with Crippen LogP contribution < -0.4 is 5.56 Å². The summed E-state index contributed by atoms with van der Waals surface area (Å²) in [5.74, 6) is 0.810. The zero-order chi connectivity index (χ0) is 20.9. The van der Waals surface area contributed by atoms with E-state index < -0.39 is 0 Å². The fraction of sp³-hybridized carbons (Fsp3) is 0.417. The maximum atomic E-state index is 12.8. The lowest BCUT2D eigenvalue weighted by Crippen LogP contribution is -2.34. The van der Waals surface area contributed by atoms with Crippen molar-refractivity contribution in [3.8, 4) is 5.69 Å². The molecule has 0 saturated carbocycles. The predicted octanol–water partition coefficient (Wildman–Crippen LogP) is 4.57. The van der Waals surface area contributed by atoms with Crippen LogP contribution in [0.15, 0.2) is 64.1 Å². The second-order valence-corrected chi connectivity index (χ2v) is 9.00. The largest absolute Gasteiger partial charge is 0.297 e. The van der Waals surface area contributed by atoms with Gasteiger partial charge < -0.3 is 0 Å². The van der Waals surface area contributed by atoms with Crippen LogP contribution >= 0.6 is 15.9 Å². The Kier molecular flexibility index (Phi) is 6.85. The minimum Gasteiger partial charge on any atom is -0.297 e. The first-order valence-corrected chi connectivity index (χ1v) is 11.6. The summed E-state index contributed by atoms with van der Waals surface area (Å²) in [5.41, 5.74) is 3.32. The molecule has 0 aliphatic carbocycles. The Labute approximate surface area is 186 Å². The summed E-state index contributed by atoms with van der Waals surface area (Å²) in [6.45, 7) is 2.99. The number of nitrogens with zero attached hydrogens (tertiary/aromatic N) is 4. The molecule has 0 bridgehead atoms. The van der Waals surface area contributed by atoms with Crippen LogP contribution in [0, 0.1) is 5.92 Å². The number of para-hydroxylation sites is 1. The number of hydrogen-bond acceptors (Lipinski definition) is 3. The summed E-state index contributed by atoms with van der Waals surface area (Å²) in [7, 11) is 1.97. The summed E-state index contributed by atoms with van der Waals surface area (Å²) in [4.78, 5) is 19.4. The molecular formula is C24H29BrN4O. The second kappa shape index (κ2) is 9.75. The van der Waals surface area contributed by atoms with Crippen LogP contribution in [0.4, 0.5) is 0 Å². The van der Waals surface area contributed by atoms with E-state index >= 15 is 0 Å². The van der Waals surface area contributed by atoms with Crippen molar-refractivity contribution in [3.63, 3.8) is 0 Å². The molecule has 0 N–H and O–H groups in total. The molecule has 1 saturated heterocycles. The van der Waals surface area contributed by atoms with Crippen LogP contribution in [0.25, 0.3) is 5.69 Å². The van der Waals surface area contributed by atoms with Gasteiger partial charge in [0, 0.05) is 26.0 Å². The van der Waals surface area contributed by atoms with Crippen molar-refractivity contribution in [3.05, 3.63) is 80.9 Å². The SMILES string of the molecule is Cn1c(CN2CCC(CCCc3ccncc3)CC2)c(Br)c(=O)n1-c1ccccc1. The molecule has 0 spiro atoms. The van der Waals surface area contributed by atoms with E-state index in [1.165, 1.54) is 31.2 Å². The standard InChI is InChI=1S/C24H29BrN4O/c1-27-22(23(25)24(30)29(27)21-8-3-2-4-9-21)18-28-16-12-20(13-17-28)7-5-6-19-10-14-26-15-11-19/h2-4,8-11,14-15,20H,5-7,12-13,16-18H2,1H3. The van der Waals surface area contributed by atoms with E-state index in [9.17, 15) is 4.79 Å². The molecule has 5 nitrogen and oxygen atoms in total. The van der Waals surface area contributed by atoms with Crippen molar-refractivity contribution < 1.29 is 0 Å². The third-order valence-electron chi connectivity index (χ3n) is 6.23. The summed E-state index contributed by atoms with van der Waals surface area (Å²) in [5, 5.41) is 0. The van der Waals surface area contributed by atoms with Gasteiger partial charge in [0.1, 0.15) is 4.47 Å². The lowest BCUT2D eigenvalue weighted by molar-refractivity contribution is 0.167. The number of hydrogen-bond donors (Lipinski definition) is 0. The molecule has 30 heavy (non-hydrogen) atoms. The van der Waals surface area contributed by atoms with Gasteiger partial charge in [-0.05, 0) is 90.4 Å². The van der Waals surface area contributed by atoms with E-state index in [1.807, 2.05) is 54.5 Å². The van der Waals surface area contributed by atoms with Gasteiger partial charge in [-0.1, -0.05) is 24.6 Å². The number of likely N-dealkylation sites (tertiary alicyclic amines) is 1. The highest BCUT2D eigenvalue weighted by molar-refractivity contribution is 9.10. The quantitative estimate of drug-likeness (QED) is 0.509. The molecule has 0 unspecified atom stereocenters. The Morgan fingerprint density at radius 3 is 2.47 bits per heavy atom. The van der Waals surface area contributed by atoms with Crippen LogP contribution in [-0.2, 0) is 20.0 Å². The predicted molar refractivity (Wildman–Crippen MR) is 124 cm³/mol. The summed E-state index contributed by atoms with van der Waals surface area (Å²) < 4.78 is 4.40. The lowest BCUT2D eigenvalue weighted by Gasteiger charge is -2.32. The maximum absolute atomic E-state index is 12.8. The summed E-state index contributed by atoms with van der Waals surface area (Å²) in [6, 6.07) is 14.1. The molecule has 2 aromatic heterocycles. The first-order chi connectivity index (χ1) is 14.6. The molecule has 6 heteroatoms. The molecule has 4 rings (SSSR count). The number of benzene rings is 1. The fourth-order valence-corrected chi connectivity index (χ4v) is 4.99. The van der Waals surface area contributed by atoms with Gasteiger partial charge in [0.05, 0.1) is 11.4 Å². The van der Waals surface area contributed by atoms with E-state index in [-0.39, 0.29) is 5.56 Å². The molecule has 0 radical (unpaired) electrons. The van der Waals surface area contributed by atoms with E-state index in [4.69, 9.17) is 0 Å². The van der Waals surface area contributed by atoms with Crippen LogP contribution in [0.5, 0.6) is 0 Å². The number of aryl methyl sites for hydroxylation is 1. The molecule has 1 aliphatic heterocycles. The Morgan fingerprint density at radius 2 is 1.77 bits per heavy atom. The zero-order valence-corrected chi connectivity index (χ0v) is 19.1. The number of halogens is 1. The molecule has 158 valence electrons. The number of pyridine rings is 1. The monoisotopic (exact) mass is 468 g/mol. The van der Waals surface area contributed by atoms with Crippen LogP contribution in [0.3, 0.4) is 0 Å². The van der Waals surface area contributed by atoms with Gasteiger partial charge in [-0.25, -0.2) is 4.68 Å². The normalized spacial score (nSPS) is 15.5. The summed E-state index contributed by atoms with van der Waals surface area (Å²) >= 11 is 3.56. The van der Waals surface area contributed by atoms with Crippen molar-refractivity contribution >= 4 is 15.9 Å². The number of piperidine rings is 1. The smallest absolute Gasteiger partial charge is 0.286 e. The van der Waals surface area contributed by atoms with Gasteiger partial charge in [-0.2, -0.15) is 0 Å².